The summed E-state index contributed by atoms with van der Waals surface area (Å²) in [6.45, 7) is 5.46. The predicted octanol–water partition coefficient (Wildman–Crippen LogP) is 4.50. The summed E-state index contributed by atoms with van der Waals surface area (Å²) in [4.78, 5) is 18.1. The first kappa shape index (κ1) is 20.7. The fraction of sp³-hybridized carbons (Fsp3) is 0.435. The number of thioether (sulfide) groups is 1. The van der Waals surface area contributed by atoms with Crippen molar-refractivity contribution in [1.29, 1.82) is 0 Å². The molecule has 5 heteroatoms. The van der Waals surface area contributed by atoms with Gasteiger partial charge < -0.3 is 15.1 Å². The maximum Gasteiger partial charge on any atom is 0.234 e. The summed E-state index contributed by atoms with van der Waals surface area (Å²) in [5, 5.41) is 3.00. The van der Waals surface area contributed by atoms with Crippen LogP contribution in [0.1, 0.15) is 18.4 Å². The minimum Gasteiger partial charge on any atom is -0.372 e. The number of amides is 1. The van der Waals surface area contributed by atoms with Gasteiger partial charge in [-0.2, -0.15) is 0 Å². The smallest absolute Gasteiger partial charge is 0.234 e. The molecule has 2 aromatic rings. The van der Waals surface area contributed by atoms with E-state index in [0.29, 0.717) is 5.75 Å². The molecular formula is C23H31N3OS. The van der Waals surface area contributed by atoms with Crippen LogP contribution in [0.5, 0.6) is 0 Å². The maximum absolute atomic E-state index is 12.2. The number of carbonyl (C=O) groups excluding carboxylic acids is 1. The Morgan fingerprint density at radius 2 is 1.71 bits per heavy atom. The van der Waals surface area contributed by atoms with E-state index in [2.05, 4.69) is 72.5 Å². The van der Waals surface area contributed by atoms with Gasteiger partial charge in [0.1, 0.15) is 0 Å². The molecule has 1 N–H and O–H groups in total. The van der Waals surface area contributed by atoms with Crippen molar-refractivity contribution in [2.75, 3.05) is 49.7 Å². The number of nitrogens with one attached hydrogen (secondary N) is 1. The van der Waals surface area contributed by atoms with Crippen LogP contribution in [0.3, 0.4) is 0 Å². The van der Waals surface area contributed by atoms with Gasteiger partial charge in [0.25, 0.3) is 0 Å². The third-order valence-corrected chi connectivity index (χ3v) is 6.16. The zero-order valence-electron chi connectivity index (χ0n) is 17.1. The summed E-state index contributed by atoms with van der Waals surface area (Å²) in [6, 6.07) is 16.5. The average molecular weight is 398 g/mol. The summed E-state index contributed by atoms with van der Waals surface area (Å²) >= 11 is 1.56. The van der Waals surface area contributed by atoms with Crippen molar-refractivity contribution in [3.63, 3.8) is 0 Å². The third-order valence-electron chi connectivity index (χ3n) is 5.15. The summed E-state index contributed by atoms with van der Waals surface area (Å²) in [5.41, 5.74) is 3.34. The highest BCUT2D eigenvalue weighted by molar-refractivity contribution is 8.00. The van der Waals surface area contributed by atoms with Crippen LogP contribution in [0.2, 0.25) is 0 Å². The van der Waals surface area contributed by atoms with Crippen molar-refractivity contribution in [2.24, 2.45) is 5.92 Å². The SMILES string of the molecule is Cc1ccc(SCC(=O)Nc2ccc(N3CCC(CN(C)C)CC3)cc2)cc1. The second kappa shape index (κ2) is 9.99. The summed E-state index contributed by atoms with van der Waals surface area (Å²) in [5.74, 6) is 1.25. The molecule has 3 rings (SSSR count). The van der Waals surface area contributed by atoms with Crippen LogP contribution < -0.4 is 10.2 Å². The first-order valence-electron chi connectivity index (χ1n) is 9.98. The fourth-order valence-electron chi connectivity index (χ4n) is 3.63. The lowest BCUT2D eigenvalue weighted by Gasteiger charge is -2.34. The average Bonchev–Trinajstić information content (AvgIpc) is 2.68. The Bertz CT molecular complexity index is 750. The summed E-state index contributed by atoms with van der Waals surface area (Å²) in [6.07, 6.45) is 2.49. The Hall–Kier alpha value is -1.98. The van der Waals surface area contributed by atoms with Crippen LogP contribution in [0.4, 0.5) is 11.4 Å². The molecule has 150 valence electrons. The molecule has 1 aliphatic heterocycles. The van der Waals surface area contributed by atoms with E-state index in [-0.39, 0.29) is 5.91 Å². The monoisotopic (exact) mass is 397 g/mol. The third kappa shape index (κ3) is 6.28. The second-order valence-electron chi connectivity index (χ2n) is 7.89. The Morgan fingerprint density at radius 1 is 1.07 bits per heavy atom. The highest BCUT2D eigenvalue weighted by Crippen LogP contribution is 2.25. The Balaban J connectivity index is 1.45. The molecular weight excluding hydrogens is 366 g/mol. The quantitative estimate of drug-likeness (QED) is 0.698. The van der Waals surface area contributed by atoms with Crippen LogP contribution in [0.25, 0.3) is 0 Å². The van der Waals surface area contributed by atoms with Crippen molar-refractivity contribution in [2.45, 2.75) is 24.7 Å². The van der Waals surface area contributed by atoms with Crippen molar-refractivity contribution in [3.05, 3.63) is 54.1 Å². The number of carbonyl (C=O) groups is 1. The highest BCUT2D eigenvalue weighted by atomic mass is 32.2. The van der Waals surface area contributed by atoms with Crippen LogP contribution >= 0.6 is 11.8 Å². The maximum atomic E-state index is 12.2. The number of anilines is 2. The lowest BCUT2D eigenvalue weighted by molar-refractivity contribution is -0.113. The predicted molar refractivity (Wildman–Crippen MR) is 120 cm³/mol. The first-order valence-corrected chi connectivity index (χ1v) is 11.0. The van der Waals surface area contributed by atoms with Gasteiger partial charge in [-0.25, -0.2) is 0 Å². The molecule has 1 saturated heterocycles. The molecule has 0 radical (unpaired) electrons. The fourth-order valence-corrected chi connectivity index (χ4v) is 4.32. The molecule has 1 fully saturated rings. The van der Waals surface area contributed by atoms with Gasteiger partial charge in [-0.3, -0.25) is 4.79 Å². The molecule has 1 amide bonds. The minimum absolute atomic E-state index is 0.0304. The van der Waals surface area contributed by atoms with Crippen LogP contribution in [-0.2, 0) is 4.79 Å². The number of hydrogen-bond donors (Lipinski definition) is 1. The lowest BCUT2D eigenvalue weighted by Crippen LogP contribution is -2.37. The Labute approximate surface area is 173 Å². The van der Waals surface area contributed by atoms with Crippen molar-refractivity contribution in [1.82, 2.24) is 4.90 Å². The van der Waals surface area contributed by atoms with E-state index in [4.69, 9.17) is 0 Å². The number of nitrogens with zero attached hydrogens (tertiary/aromatic N) is 2. The molecule has 0 spiro atoms. The number of aryl methyl sites for hydroxylation is 1. The summed E-state index contributed by atoms with van der Waals surface area (Å²) < 4.78 is 0. The van der Waals surface area contributed by atoms with Gasteiger partial charge in [0, 0.05) is 35.9 Å². The molecule has 28 heavy (non-hydrogen) atoms. The molecule has 0 aliphatic carbocycles. The van der Waals surface area contributed by atoms with E-state index in [1.807, 2.05) is 12.1 Å². The van der Waals surface area contributed by atoms with Gasteiger partial charge in [-0.05, 0) is 76.2 Å². The number of benzene rings is 2. The molecule has 1 heterocycles. The van der Waals surface area contributed by atoms with Gasteiger partial charge in [0.15, 0.2) is 0 Å². The minimum atomic E-state index is 0.0304. The standard InChI is InChI=1S/C23H31N3OS/c1-18-4-10-22(11-5-18)28-17-23(27)24-20-6-8-21(9-7-20)26-14-12-19(13-15-26)16-25(2)3/h4-11,19H,12-17H2,1-3H3,(H,24,27). The van der Waals surface area contributed by atoms with Crippen LogP contribution in [-0.4, -0.2) is 50.3 Å². The van der Waals surface area contributed by atoms with E-state index in [9.17, 15) is 4.79 Å². The summed E-state index contributed by atoms with van der Waals surface area (Å²) in [7, 11) is 4.30. The van der Waals surface area contributed by atoms with Crippen LogP contribution in [0.15, 0.2) is 53.4 Å². The van der Waals surface area contributed by atoms with E-state index in [1.54, 1.807) is 11.8 Å². The van der Waals surface area contributed by atoms with Gasteiger partial charge in [0.05, 0.1) is 5.75 Å². The van der Waals surface area contributed by atoms with E-state index in [1.165, 1.54) is 30.6 Å². The largest absolute Gasteiger partial charge is 0.372 e. The normalized spacial score (nSPS) is 15.1. The number of hydrogen-bond acceptors (Lipinski definition) is 4. The molecule has 0 unspecified atom stereocenters. The van der Waals surface area contributed by atoms with E-state index >= 15 is 0 Å². The number of rotatable bonds is 7. The van der Waals surface area contributed by atoms with Crippen molar-refractivity contribution in [3.8, 4) is 0 Å². The van der Waals surface area contributed by atoms with E-state index < -0.39 is 0 Å². The van der Waals surface area contributed by atoms with Gasteiger partial charge in [-0.15, -0.1) is 11.8 Å². The van der Waals surface area contributed by atoms with E-state index in [0.717, 1.165) is 29.6 Å². The zero-order valence-corrected chi connectivity index (χ0v) is 18.0. The molecule has 2 aromatic carbocycles. The zero-order chi connectivity index (χ0) is 19.9. The van der Waals surface area contributed by atoms with Crippen molar-refractivity contribution >= 4 is 29.0 Å². The second-order valence-corrected chi connectivity index (χ2v) is 8.94. The highest BCUT2D eigenvalue weighted by Gasteiger charge is 2.19. The first-order chi connectivity index (χ1) is 13.5. The molecule has 0 bridgehead atoms. The molecule has 4 nitrogen and oxygen atoms in total. The molecule has 1 aliphatic rings. The Morgan fingerprint density at radius 3 is 2.32 bits per heavy atom. The van der Waals surface area contributed by atoms with Gasteiger partial charge in [-0.1, -0.05) is 17.7 Å². The topological polar surface area (TPSA) is 35.6 Å². The Kier molecular flexibility index (Phi) is 7.40. The molecule has 0 aromatic heterocycles. The molecule has 0 atom stereocenters. The van der Waals surface area contributed by atoms with Crippen LogP contribution in [0, 0.1) is 12.8 Å². The van der Waals surface area contributed by atoms with Gasteiger partial charge in [0.2, 0.25) is 5.91 Å². The molecule has 0 saturated carbocycles. The van der Waals surface area contributed by atoms with Crippen molar-refractivity contribution < 1.29 is 4.79 Å². The number of piperidine rings is 1. The lowest BCUT2D eigenvalue weighted by atomic mass is 9.96. The van der Waals surface area contributed by atoms with Gasteiger partial charge >= 0.3 is 0 Å².